The molecule has 0 saturated heterocycles. The molecular weight excluding hydrogens is 210 g/mol. The lowest BCUT2D eigenvalue weighted by Gasteiger charge is -2.07. The summed E-state index contributed by atoms with van der Waals surface area (Å²) < 4.78 is 26.5. The molecule has 2 aromatic carbocycles. The second-order valence-corrected chi connectivity index (χ2v) is 3.62. The molecule has 16 heavy (non-hydrogen) atoms. The molecule has 0 radical (unpaired) electrons. The molecule has 0 aliphatic rings. The van der Waals surface area contributed by atoms with Gasteiger partial charge in [-0.2, -0.15) is 0 Å². The standard InChI is InChI=1S/C13H10F2O/c1-8-6-9(14)2-4-11(8)12-5-3-10(16)7-13(12)15/h2-7,16H,1H3. The molecule has 2 rings (SSSR count). The first-order chi connectivity index (χ1) is 7.58. The molecule has 0 fully saturated rings. The van der Waals surface area contributed by atoms with Crippen LogP contribution in [0.15, 0.2) is 36.4 Å². The number of phenolic OH excluding ortho intramolecular Hbond substituents is 1. The van der Waals surface area contributed by atoms with Gasteiger partial charge >= 0.3 is 0 Å². The first kappa shape index (κ1) is 10.6. The Labute approximate surface area is 92.0 Å². The number of hydrogen-bond donors (Lipinski definition) is 1. The Hall–Kier alpha value is -1.90. The van der Waals surface area contributed by atoms with Crippen LogP contribution in [0.5, 0.6) is 5.75 Å². The zero-order valence-corrected chi connectivity index (χ0v) is 8.67. The molecule has 3 heteroatoms. The van der Waals surface area contributed by atoms with Crippen molar-refractivity contribution in [2.24, 2.45) is 0 Å². The third-order valence-electron chi connectivity index (χ3n) is 2.43. The lowest BCUT2D eigenvalue weighted by Crippen LogP contribution is -1.88. The summed E-state index contributed by atoms with van der Waals surface area (Å²) in [5.41, 5.74) is 1.64. The van der Waals surface area contributed by atoms with Gasteiger partial charge in [0.2, 0.25) is 0 Å². The molecule has 1 nitrogen and oxygen atoms in total. The molecule has 0 aromatic heterocycles. The number of halogens is 2. The third-order valence-corrected chi connectivity index (χ3v) is 2.43. The van der Waals surface area contributed by atoms with E-state index in [4.69, 9.17) is 5.11 Å². The van der Waals surface area contributed by atoms with Gasteiger partial charge in [-0.05, 0) is 42.3 Å². The van der Waals surface area contributed by atoms with Crippen molar-refractivity contribution in [1.82, 2.24) is 0 Å². The quantitative estimate of drug-likeness (QED) is 0.777. The van der Waals surface area contributed by atoms with Gasteiger partial charge in [-0.3, -0.25) is 0 Å². The molecule has 0 unspecified atom stereocenters. The van der Waals surface area contributed by atoms with Gasteiger partial charge in [0.15, 0.2) is 0 Å². The highest BCUT2D eigenvalue weighted by Gasteiger charge is 2.08. The van der Waals surface area contributed by atoms with E-state index in [1.165, 1.54) is 30.3 Å². The summed E-state index contributed by atoms with van der Waals surface area (Å²) >= 11 is 0. The van der Waals surface area contributed by atoms with Crippen LogP contribution >= 0.6 is 0 Å². The van der Waals surface area contributed by atoms with E-state index in [0.717, 1.165) is 6.07 Å². The number of rotatable bonds is 1. The van der Waals surface area contributed by atoms with Gasteiger partial charge < -0.3 is 5.11 Å². The van der Waals surface area contributed by atoms with Crippen molar-refractivity contribution in [1.29, 1.82) is 0 Å². The van der Waals surface area contributed by atoms with E-state index < -0.39 is 5.82 Å². The van der Waals surface area contributed by atoms with Crippen molar-refractivity contribution in [2.75, 3.05) is 0 Å². The fraction of sp³-hybridized carbons (Fsp3) is 0.0769. The third kappa shape index (κ3) is 1.89. The Morgan fingerprint density at radius 1 is 0.938 bits per heavy atom. The van der Waals surface area contributed by atoms with Crippen molar-refractivity contribution >= 4 is 0 Å². The minimum absolute atomic E-state index is 0.124. The minimum Gasteiger partial charge on any atom is -0.508 e. The van der Waals surface area contributed by atoms with Crippen molar-refractivity contribution < 1.29 is 13.9 Å². The Morgan fingerprint density at radius 2 is 1.62 bits per heavy atom. The Kier molecular flexibility index (Phi) is 2.60. The molecule has 0 saturated carbocycles. The molecule has 0 aliphatic heterocycles. The average Bonchev–Trinajstić information content (AvgIpc) is 2.19. The summed E-state index contributed by atoms with van der Waals surface area (Å²) in [6.45, 7) is 1.71. The number of aromatic hydroxyl groups is 1. The molecule has 0 amide bonds. The topological polar surface area (TPSA) is 20.2 Å². The maximum atomic E-state index is 13.6. The van der Waals surface area contributed by atoms with Gasteiger partial charge in [0.25, 0.3) is 0 Å². The molecule has 0 spiro atoms. The smallest absolute Gasteiger partial charge is 0.134 e. The van der Waals surface area contributed by atoms with Gasteiger partial charge in [0.05, 0.1) is 0 Å². The highest BCUT2D eigenvalue weighted by Crippen LogP contribution is 2.28. The fourth-order valence-electron chi connectivity index (χ4n) is 1.65. The Bertz CT molecular complexity index is 486. The average molecular weight is 220 g/mol. The van der Waals surface area contributed by atoms with Crippen molar-refractivity contribution in [3.63, 3.8) is 0 Å². The molecule has 0 bridgehead atoms. The van der Waals surface area contributed by atoms with Crippen molar-refractivity contribution in [3.05, 3.63) is 53.6 Å². The van der Waals surface area contributed by atoms with Gasteiger partial charge in [-0.15, -0.1) is 0 Å². The zero-order valence-electron chi connectivity index (χ0n) is 8.67. The maximum Gasteiger partial charge on any atom is 0.134 e. The predicted molar refractivity (Wildman–Crippen MR) is 58.2 cm³/mol. The first-order valence-electron chi connectivity index (χ1n) is 4.83. The summed E-state index contributed by atoms with van der Waals surface area (Å²) in [5.74, 6) is -0.990. The second-order valence-electron chi connectivity index (χ2n) is 3.62. The molecule has 1 N–H and O–H groups in total. The largest absolute Gasteiger partial charge is 0.508 e. The lowest BCUT2D eigenvalue weighted by atomic mass is 10.00. The van der Waals surface area contributed by atoms with E-state index >= 15 is 0 Å². The molecule has 2 aromatic rings. The minimum atomic E-state index is -0.519. The van der Waals surface area contributed by atoms with Crippen LogP contribution in [0.4, 0.5) is 8.78 Å². The summed E-state index contributed by atoms with van der Waals surface area (Å²) in [6, 6.07) is 8.08. The normalized spacial score (nSPS) is 10.4. The van der Waals surface area contributed by atoms with E-state index in [0.29, 0.717) is 16.7 Å². The molecule has 0 heterocycles. The van der Waals surface area contributed by atoms with E-state index in [2.05, 4.69) is 0 Å². The lowest BCUT2D eigenvalue weighted by molar-refractivity contribution is 0.469. The number of phenols is 1. The SMILES string of the molecule is Cc1cc(F)ccc1-c1ccc(O)cc1F. The monoisotopic (exact) mass is 220 g/mol. The Balaban J connectivity index is 2.59. The van der Waals surface area contributed by atoms with Gasteiger partial charge in [0.1, 0.15) is 17.4 Å². The summed E-state index contributed by atoms with van der Waals surface area (Å²) in [5, 5.41) is 9.10. The first-order valence-corrected chi connectivity index (χ1v) is 4.83. The predicted octanol–water partition coefficient (Wildman–Crippen LogP) is 3.65. The molecule has 0 aliphatic carbocycles. The van der Waals surface area contributed by atoms with E-state index in [9.17, 15) is 8.78 Å². The highest BCUT2D eigenvalue weighted by atomic mass is 19.1. The van der Waals surface area contributed by atoms with Crippen LogP contribution < -0.4 is 0 Å². The van der Waals surface area contributed by atoms with Crippen molar-refractivity contribution in [3.8, 4) is 16.9 Å². The van der Waals surface area contributed by atoms with Gasteiger partial charge in [-0.1, -0.05) is 6.07 Å². The van der Waals surface area contributed by atoms with Crippen LogP contribution in [-0.2, 0) is 0 Å². The van der Waals surface area contributed by atoms with Gasteiger partial charge in [0, 0.05) is 11.6 Å². The summed E-state index contributed by atoms with van der Waals surface area (Å²) in [6.07, 6.45) is 0. The zero-order chi connectivity index (χ0) is 11.7. The van der Waals surface area contributed by atoms with E-state index in [-0.39, 0.29) is 11.6 Å². The summed E-state index contributed by atoms with van der Waals surface area (Å²) in [7, 11) is 0. The molecule has 0 atom stereocenters. The highest BCUT2D eigenvalue weighted by molar-refractivity contribution is 5.68. The van der Waals surface area contributed by atoms with Gasteiger partial charge in [-0.25, -0.2) is 8.78 Å². The van der Waals surface area contributed by atoms with Crippen LogP contribution in [0.2, 0.25) is 0 Å². The number of benzene rings is 2. The van der Waals surface area contributed by atoms with E-state index in [1.54, 1.807) is 6.92 Å². The number of hydrogen-bond acceptors (Lipinski definition) is 1. The maximum absolute atomic E-state index is 13.6. The molecule has 82 valence electrons. The van der Waals surface area contributed by atoms with E-state index in [1.807, 2.05) is 0 Å². The van der Waals surface area contributed by atoms with Crippen molar-refractivity contribution in [2.45, 2.75) is 6.92 Å². The Morgan fingerprint density at radius 3 is 2.25 bits per heavy atom. The van der Waals surface area contributed by atoms with Crippen LogP contribution in [-0.4, -0.2) is 5.11 Å². The fourth-order valence-corrected chi connectivity index (χ4v) is 1.65. The summed E-state index contributed by atoms with van der Waals surface area (Å²) in [4.78, 5) is 0. The molecular formula is C13H10F2O. The second kappa shape index (κ2) is 3.93. The van der Waals surface area contributed by atoms with Crippen LogP contribution in [0.25, 0.3) is 11.1 Å². The van der Waals surface area contributed by atoms with Crippen LogP contribution in [0.3, 0.4) is 0 Å². The van der Waals surface area contributed by atoms with Crippen LogP contribution in [0, 0.1) is 18.6 Å². The van der Waals surface area contributed by atoms with Crippen LogP contribution in [0.1, 0.15) is 5.56 Å². The number of aryl methyl sites for hydroxylation is 1.